The Bertz CT molecular complexity index is 623. The number of diazo groups is 1. The topological polar surface area (TPSA) is 85.8 Å². The lowest BCUT2D eigenvalue weighted by molar-refractivity contribution is 0.0557. The number of benzene rings is 1. The van der Waals surface area contributed by atoms with Gasteiger partial charge in [0.2, 0.25) is 11.2 Å². The third-order valence-electron chi connectivity index (χ3n) is 3.36. The SMILES string of the molecule is CC(C)C[C@@H](/C(O)=C/[N+]#N)N1C(=O)c2ccccc2C1=O. The molecule has 0 saturated carbocycles. The van der Waals surface area contributed by atoms with E-state index in [9.17, 15) is 14.7 Å². The van der Waals surface area contributed by atoms with Gasteiger partial charge >= 0.3 is 6.20 Å². The summed E-state index contributed by atoms with van der Waals surface area (Å²) in [6.45, 7) is 3.82. The number of hydrogen-bond acceptors (Lipinski definition) is 4. The van der Waals surface area contributed by atoms with E-state index in [2.05, 4.69) is 4.98 Å². The molecule has 1 N–H and O–H groups in total. The molecule has 0 aromatic heterocycles. The van der Waals surface area contributed by atoms with E-state index in [4.69, 9.17) is 5.39 Å². The van der Waals surface area contributed by atoms with Crippen molar-refractivity contribution in [1.82, 2.24) is 4.90 Å². The maximum atomic E-state index is 12.4. The summed E-state index contributed by atoms with van der Waals surface area (Å²) in [6.07, 6.45) is 1.22. The van der Waals surface area contributed by atoms with Gasteiger partial charge in [0.25, 0.3) is 11.8 Å². The molecule has 1 aromatic rings. The Labute approximate surface area is 122 Å². The van der Waals surface area contributed by atoms with Gasteiger partial charge in [0, 0.05) is 0 Å². The van der Waals surface area contributed by atoms with Gasteiger partial charge in [-0.1, -0.05) is 26.0 Å². The molecule has 1 heterocycles. The second-order valence-electron chi connectivity index (χ2n) is 5.34. The fourth-order valence-corrected chi connectivity index (χ4v) is 2.44. The van der Waals surface area contributed by atoms with E-state index in [1.165, 1.54) is 0 Å². The van der Waals surface area contributed by atoms with Crippen molar-refractivity contribution in [2.75, 3.05) is 0 Å². The summed E-state index contributed by atoms with van der Waals surface area (Å²) >= 11 is 0. The third kappa shape index (κ3) is 2.63. The van der Waals surface area contributed by atoms with E-state index in [1.807, 2.05) is 13.8 Å². The summed E-state index contributed by atoms with van der Waals surface area (Å²) in [5.74, 6) is -1.08. The fourth-order valence-electron chi connectivity index (χ4n) is 2.44. The molecule has 6 nitrogen and oxygen atoms in total. The van der Waals surface area contributed by atoms with Crippen molar-refractivity contribution in [1.29, 1.82) is 5.39 Å². The van der Waals surface area contributed by atoms with Crippen molar-refractivity contribution in [2.24, 2.45) is 5.92 Å². The first-order valence-electron chi connectivity index (χ1n) is 6.67. The van der Waals surface area contributed by atoms with Crippen LogP contribution < -0.4 is 0 Å². The van der Waals surface area contributed by atoms with Crippen molar-refractivity contribution >= 4 is 11.8 Å². The molecule has 0 saturated heterocycles. The molecule has 6 heteroatoms. The highest BCUT2D eigenvalue weighted by molar-refractivity contribution is 6.21. The van der Waals surface area contributed by atoms with Crippen LogP contribution in [-0.4, -0.2) is 27.9 Å². The minimum Gasteiger partial charge on any atom is -0.504 e. The number of hydrogen-bond donors (Lipinski definition) is 1. The highest BCUT2D eigenvalue weighted by Crippen LogP contribution is 2.29. The molecular formula is C15H16N3O3+. The molecule has 1 aromatic carbocycles. The maximum absolute atomic E-state index is 12.4. The van der Waals surface area contributed by atoms with E-state index < -0.39 is 17.9 Å². The largest absolute Gasteiger partial charge is 0.504 e. The molecule has 2 amide bonds. The van der Waals surface area contributed by atoms with Gasteiger partial charge in [-0.3, -0.25) is 14.5 Å². The van der Waals surface area contributed by atoms with Crippen LogP contribution in [0.2, 0.25) is 0 Å². The third-order valence-corrected chi connectivity index (χ3v) is 3.36. The van der Waals surface area contributed by atoms with E-state index in [0.717, 1.165) is 11.1 Å². The zero-order valence-electron chi connectivity index (χ0n) is 11.9. The summed E-state index contributed by atoms with van der Waals surface area (Å²) in [7, 11) is 0. The molecule has 1 aliphatic rings. The second kappa shape index (κ2) is 5.75. The molecule has 0 aliphatic carbocycles. The van der Waals surface area contributed by atoms with Crippen LogP contribution in [0.1, 0.15) is 41.0 Å². The van der Waals surface area contributed by atoms with Crippen LogP contribution in [0.15, 0.2) is 36.2 Å². The van der Waals surface area contributed by atoms with Crippen molar-refractivity contribution in [3.63, 3.8) is 0 Å². The van der Waals surface area contributed by atoms with Crippen LogP contribution in [0.5, 0.6) is 0 Å². The van der Waals surface area contributed by atoms with E-state index in [0.29, 0.717) is 17.5 Å². The van der Waals surface area contributed by atoms with Crippen molar-refractivity contribution < 1.29 is 14.7 Å². The first-order valence-corrected chi connectivity index (χ1v) is 6.67. The van der Waals surface area contributed by atoms with Gasteiger partial charge in [-0.2, -0.15) is 0 Å². The standard InChI is InChI=1S/C15H15N3O3/c1-9(2)7-12(13(19)8-17-16)18-14(20)10-5-3-4-6-11(10)15(18)21/h3-6,8-9,12H,7H2,1-2H3/p+1/b13-8-/t12-/m0/s1. The summed E-state index contributed by atoms with van der Waals surface area (Å²) in [6, 6.07) is 5.69. The van der Waals surface area contributed by atoms with Crippen LogP contribution in [0.3, 0.4) is 0 Å². The number of imide groups is 1. The number of nitrogens with zero attached hydrogens (tertiary/aromatic N) is 3. The monoisotopic (exact) mass is 286 g/mol. The highest BCUT2D eigenvalue weighted by atomic mass is 16.3. The lowest BCUT2D eigenvalue weighted by Crippen LogP contribution is -2.41. The van der Waals surface area contributed by atoms with Gasteiger partial charge in [-0.15, -0.1) is 0 Å². The number of carbonyl (C=O) groups excluding carboxylic acids is 2. The van der Waals surface area contributed by atoms with E-state index in [-0.39, 0.29) is 11.7 Å². The number of amides is 2. The van der Waals surface area contributed by atoms with Gasteiger partial charge in [-0.25, -0.2) is 0 Å². The number of aliphatic hydroxyl groups is 1. The summed E-state index contributed by atoms with van der Waals surface area (Å²) < 4.78 is 0. The predicted octanol–water partition coefficient (Wildman–Crippen LogP) is 2.95. The van der Waals surface area contributed by atoms with Crippen LogP contribution >= 0.6 is 0 Å². The van der Waals surface area contributed by atoms with Crippen LogP contribution in [-0.2, 0) is 0 Å². The van der Waals surface area contributed by atoms with Crippen molar-refractivity contribution in [3.8, 4) is 0 Å². The maximum Gasteiger partial charge on any atom is 0.389 e. The normalized spacial score (nSPS) is 16.1. The smallest absolute Gasteiger partial charge is 0.389 e. The van der Waals surface area contributed by atoms with Crippen LogP contribution in [0.25, 0.3) is 4.98 Å². The second-order valence-corrected chi connectivity index (χ2v) is 5.34. The molecule has 0 spiro atoms. The zero-order valence-corrected chi connectivity index (χ0v) is 11.9. The van der Waals surface area contributed by atoms with Crippen molar-refractivity contribution in [3.05, 3.63) is 52.3 Å². The van der Waals surface area contributed by atoms with Crippen LogP contribution in [0, 0.1) is 11.3 Å². The van der Waals surface area contributed by atoms with Gasteiger partial charge in [0.05, 0.1) is 11.1 Å². The zero-order chi connectivity index (χ0) is 15.6. The minimum absolute atomic E-state index is 0.133. The number of carbonyl (C=O) groups is 2. The molecule has 0 bridgehead atoms. The lowest BCUT2D eigenvalue weighted by Gasteiger charge is -2.25. The highest BCUT2D eigenvalue weighted by Gasteiger charge is 2.42. The number of rotatable bonds is 4. The van der Waals surface area contributed by atoms with Crippen LogP contribution in [0.4, 0.5) is 0 Å². The molecule has 21 heavy (non-hydrogen) atoms. The fraction of sp³-hybridized carbons (Fsp3) is 0.333. The Balaban J connectivity index is 2.44. The van der Waals surface area contributed by atoms with Gasteiger partial charge in [-0.05, 0) is 24.5 Å². The molecular weight excluding hydrogens is 270 g/mol. The average molecular weight is 286 g/mol. The quantitative estimate of drug-likeness (QED) is 0.524. The Morgan fingerprint density at radius 3 is 2.24 bits per heavy atom. The van der Waals surface area contributed by atoms with Gasteiger partial charge in [0.15, 0.2) is 4.98 Å². The Morgan fingerprint density at radius 2 is 1.81 bits per heavy atom. The Morgan fingerprint density at radius 1 is 1.29 bits per heavy atom. The molecule has 1 atom stereocenters. The van der Waals surface area contributed by atoms with Gasteiger partial charge in [0.1, 0.15) is 6.04 Å². The lowest BCUT2D eigenvalue weighted by atomic mass is 10.0. The van der Waals surface area contributed by atoms with E-state index in [1.54, 1.807) is 24.3 Å². The molecule has 1 aliphatic heterocycles. The summed E-state index contributed by atoms with van der Waals surface area (Å²) in [5.41, 5.74) is 0.648. The molecule has 0 fully saturated rings. The minimum atomic E-state index is -0.840. The first-order chi connectivity index (χ1) is 9.97. The Kier molecular flexibility index (Phi) is 4.03. The number of fused-ring (bicyclic) bond motifs is 1. The summed E-state index contributed by atoms with van der Waals surface area (Å²) in [4.78, 5) is 28.6. The molecule has 0 unspecified atom stereocenters. The Hall–Kier alpha value is -2.68. The molecule has 2 rings (SSSR count). The van der Waals surface area contributed by atoms with E-state index >= 15 is 0 Å². The number of aliphatic hydroxyl groups excluding tert-OH is 1. The summed E-state index contributed by atoms with van der Waals surface area (Å²) in [5, 5.41) is 18.6. The van der Waals surface area contributed by atoms with Crippen molar-refractivity contribution in [2.45, 2.75) is 26.3 Å². The molecule has 0 radical (unpaired) electrons. The average Bonchev–Trinajstić information content (AvgIpc) is 2.69. The first kappa shape index (κ1) is 14.7. The molecule has 108 valence electrons. The van der Waals surface area contributed by atoms with Gasteiger partial charge < -0.3 is 5.11 Å². The predicted molar refractivity (Wildman–Crippen MR) is 76.0 cm³/mol.